The molecule has 7 heteroatoms. The van der Waals surface area contributed by atoms with E-state index in [2.05, 4.69) is 21.5 Å². The fraction of sp³-hybridized carbons (Fsp3) is 0.250. The summed E-state index contributed by atoms with van der Waals surface area (Å²) >= 11 is 6.09. The van der Waals surface area contributed by atoms with Crippen LogP contribution in [-0.2, 0) is 0 Å². The number of amides is 1. The number of nitrogens with zero attached hydrogens (tertiary/aromatic N) is 4. The highest BCUT2D eigenvalue weighted by Crippen LogP contribution is 2.24. The number of carbonyl (C=O) groups is 1. The summed E-state index contributed by atoms with van der Waals surface area (Å²) in [6.07, 6.45) is 7.59. The van der Waals surface area contributed by atoms with Crippen LogP contribution in [0.4, 0.5) is 0 Å². The van der Waals surface area contributed by atoms with Crippen molar-refractivity contribution in [3.63, 3.8) is 0 Å². The molecule has 1 N–H and O–H groups in total. The van der Waals surface area contributed by atoms with Gasteiger partial charge in [0.2, 0.25) is 0 Å². The second-order valence-electron chi connectivity index (χ2n) is 5.29. The molecule has 2 aromatic heterocycles. The normalized spacial score (nSPS) is 16.9. The van der Waals surface area contributed by atoms with Gasteiger partial charge >= 0.3 is 0 Å². The highest BCUT2D eigenvalue weighted by molar-refractivity contribution is 6.33. The number of likely N-dealkylation sites (tertiary alicyclic amines) is 1. The quantitative estimate of drug-likeness (QED) is 0.873. The predicted octanol–water partition coefficient (Wildman–Crippen LogP) is 2.08. The van der Waals surface area contributed by atoms with E-state index in [-0.39, 0.29) is 11.9 Å². The summed E-state index contributed by atoms with van der Waals surface area (Å²) in [6.45, 7) is 1.24. The van der Waals surface area contributed by atoms with Gasteiger partial charge in [-0.2, -0.15) is 5.26 Å². The van der Waals surface area contributed by atoms with Gasteiger partial charge in [-0.1, -0.05) is 11.6 Å². The molecule has 1 aliphatic rings. The number of nitrogens with one attached hydrogen (secondary N) is 1. The smallest absolute Gasteiger partial charge is 0.253 e. The molecule has 0 spiro atoms. The largest absolute Gasteiger partial charge is 0.347 e. The maximum atomic E-state index is 12.2. The molecule has 3 rings (SSSR count). The summed E-state index contributed by atoms with van der Waals surface area (Å²) in [6, 6.07) is 5.24. The average molecular weight is 328 g/mol. The molecule has 116 valence electrons. The Bertz CT molecular complexity index is 756. The van der Waals surface area contributed by atoms with Gasteiger partial charge in [0.1, 0.15) is 0 Å². The molecule has 0 bridgehead atoms. The van der Waals surface area contributed by atoms with Crippen molar-refractivity contribution >= 4 is 17.5 Å². The van der Waals surface area contributed by atoms with Crippen LogP contribution in [0.15, 0.2) is 36.8 Å². The number of halogens is 1. The van der Waals surface area contributed by atoms with Crippen molar-refractivity contribution in [2.24, 2.45) is 0 Å². The summed E-state index contributed by atoms with van der Waals surface area (Å²) in [5.74, 6) is -0.185. The molecule has 1 atom stereocenters. The lowest BCUT2D eigenvalue weighted by Crippen LogP contribution is -2.36. The summed E-state index contributed by atoms with van der Waals surface area (Å²) in [7, 11) is 0. The average Bonchev–Trinajstić information content (AvgIpc) is 3.03. The highest BCUT2D eigenvalue weighted by Gasteiger charge is 2.23. The minimum Gasteiger partial charge on any atom is -0.347 e. The molecule has 3 heterocycles. The van der Waals surface area contributed by atoms with Crippen LogP contribution in [-0.4, -0.2) is 39.9 Å². The molecule has 0 radical (unpaired) electrons. The van der Waals surface area contributed by atoms with Gasteiger partial charge < -0.3 is 10.2 Å². The van der Waals surface area contributed by atoms with Gasteiger partial charge in [0, 0.05) is 43.3 Å². The lowest BCUT2D eigenvalue weighted by atomic mass is 10.1. The predicted molar refractivity (Wildman–Crippen MR) is 85.5 cm³/mol. The molecule has 1 fully saturated rings. The van der Waals surface area contributed by atoms with Crippen molar-refractivity contribution in [1.29, 1.82) is 5.26 Å². The Morgan fingerprint density at radius 1 is 1.39 bits per heavy atom. The Morgan fingerprint density at radius 2 is 2.26 bits per heavy atom. The molecule has 1 amide bonds. The third kappa shape index (κ3) is 3.41. The van der Waals surface area contributed by atoms with Crippen molar-refractivity contribution in [2.75, 3.05) is 13.1 Å². The van der Waals surface area contributed by atoms with Crippen LogP contribution in [0.25, 0.3) is 11.3 Å². The summed E-state index contributed by atoms with van der Waals surface area (Å²) in [5.41, 5.74) is 1.94. The molecule has 0 aromatic carbocycles. The molecular weight excluding hydrogens is 314 g/mol. The van der Waals surface area contributed by atoms with Gasteiger partial charge in [0.15, 0.2) is 6.19 Å². The fourth-order valence-corrected chi connectivity index (χ4v) is 2.72. The van der Waals surface area contributed by atoms with Crippen molar-refractivity contribution < 1.29 is 4.79 Å². The van der Waals surface area contributed by atoms with Gasteiger partial charge in [0.05, 0.1) is 16.3 Å². The number of hydrogen-bond acceptors (Lipinski definition) is 5. The minimum absolute atomic E-state index is 0.00327. The highest BCUT2D eigenvalue weighted by atomic mass is 35.5. The topological polar surface area (TPSA) is 81.9 Å². The maximum absolute atomic E-state index is 12.2. The number of aromatic nitrogens is 2. The van der Waals surface area contributed by atoms with Crippen molar-refractivity contribution in [1.82, 2.24) is 20.2 Å². The zero-order valence-electron chi connectivity index (χ0n) is 12.2. The van der Waals surface area contributed by atoms with Crippen LogP contribution in [0.3, 0.4) is 0 Å². The zero-order valence-corrected chi connectivity index (χ0v) is 13.0. The van der Waals surface area contributed by atoms with Gasteiger partial charge in [-0.3, -0.25) is 14.8 Å². The van der Waals surface area contributed by atoms with E-state index in [0.717, 1.165) is 12.0 Å². The number of rotatable bonds is 3. The van der Waals surface area contributed by atoms with E-state index in [9.17, 15) is 4.79 Å². The van der Waals surface area contributed by atoms with E-state index >= 15 is 0 Å². The van der Waals surface area contributed by atoms with Crippen LogP contribution in [0.5, 0.6) is 0 Å². The van der Waals surface area contributed by atoms with E-state index in [1.807, 2.05) is 0 Å². The van der Waals surface area contributed by atoms with Crippen LogP contribution >= 0.6 is 11.6 Å². The second-order valence-corrected chi connectivity index (χ2v) is 5.70. The van der Waals surface area contributed by atoms with Crippen molar-refractivity contribution in [3.05, 3.63) is 47.4 Å². The Balaban J connectivity index is 1.69. The Morgan fingerprint density at radius 3 is 2.91 bits per heavy atom. The zero-order chi connectivity index (χ0) is 16.2. The minimum atomic E-state index is -0.185. The Hall–Kier alpha value is -2.65. The lowest BCUT2D eigenvalue weighted by Gasteiger charge is -2.12. The maximum Gasteiger partial charge on any atom is 0.253 e. The molecule has 6 nitrogen and oxygen atoms in total. The molecule has 2 aromatic rings. The molecule has 1 saturated heterocycles. The van der Waals surface area contributed by atoms with Gasteiger partial charge in [0.25, 0.3) is 5.91 Å². The van der Waals surface area contributed by atoms with E-state index < -0.39 is 0 Å². The molecule has 0 saturated carbocycles. The Kier molecular flexibility index (Phi) is 4.40. The SMILES string of the molecule is N#CN1CC[C@@H](NC(=O)c2ccc(-c3ccncc3Cl)nc2)C1. The van der Waals surface area contributed by atoms with Crippen LogP contribution in [0, 0.1) is 11.5 Å². The lowest BCUT2D eigenvalue weighted by molar-refractivity contribution is 0.0938. The van der Waals surface area contributed by atoms with E-state index in [1.165, 1.54) is 6.20 Å². The molecule has 0 aliphatic carbocycles. The number of nitriles is 1. The first-order valence-corrected chi connectivity index (χ1v) is 7.56. The molecule has 23 heavy (non-hydrogen) atoms. The van der Waals surface area contributed by atoms with E-state index in [4.69, 9.17) is 16.9 Å². The second kappa shape index (κ2) is 6.63. The number of hydrogen-bond donors (Lipinski definition) is 1. The summed E-state index contributed by atoms with van der Waals surface area (Å²) in [4.78, 5) is 22.1. The van der Waals surface area contributed by atoms with Crippen LogP contribution < -0.4 is 5.32 Å². The van der Waals surface area contributed by atoms with Crippen molar-refractivity contribution in [2.45, 2.75) is 12.5 Å². The van der Waals surface area contributed by atoms with Gasteiger partial charge in [-0.05, 0) is 24.6 Å². The first-order chi connectivity index (χ1) is 11.2. The van der Waals surface area contributed by atoms with Gasteiger partial charge in [-0.25, -0.2) is 0 Å². The van der Waals surface area contributed by atoms with E-state index in [0.29, 0.717) is 29.4 Å². The van der Waals surface area contributed by atoms with E-state index in [1.54, 1.807) is 35.5 Å². The third-order valence-electron chi connectivity index (χ3n) is 3.74. The standard InChI is InChI=1S/C16H14ClN5O/c17-14-8-19-5-3-13(14)15-2-1-11(7-20-15)16(23)21-12-4-6-22(9-12)10-18/h1-3,5,7-8,12H,4,6,9H2,(H,21,23)/t12-/m1/s1. The Labute approximate surface area is 138 Å². The molecule has 0 unspecified atom stereocenters. The van der Waals surface area contributed by atoms with Crippen LogP contribution in [0.2, 0.25) is 5.02 Å². The first kappa shape index (κ1) is 15.3. The number of pyridine rings is 2. The third-order valence-corrected chi connectivity index (χ3v) is 4.04. The summed E-state index contributed by atoms with van der Waals surface area (Å²) < 4.78 is 0. The molecule has 1 aliphatic heterocycles. The molecular formula is C16H14ClN5O. The monoisotopic (exact) mass is 327 g/mol. The summed E-state index contributed by atoms with van der Waals surface area (Å²) in [5, 5.41) is 12.3. The number of carbonyl (C=O) groups excluding carboxylic acids is 1. The fourth-order valence-electron chi connectivity index (χ4n) is 2.51. The van der Waals surface area contributed by atoms with Crippen molar-refractivity contribution in [3.8, 4) is 17.5 Å². The first-order valence-electron chi connectivity index (χ1n) is 7.19. The van der Waals surface area contributed by atoms with Gasteiger partial charge in [-0.15, -0.1) is 0 Å². The van der Waals surface area contributed by atoms with Crippen LogP contribution in [0.1, 0.15) is 16.8 Å².